The van der Waals surface area contributed by atoms with Crippen molar-refractivity contribution in [1.29, 1.82) is 0 Å². The molecule has 3 heterocycles. The van der Waals surface area contributed by atoms with Gasteiger partial charge in [0.1, 0.15) is 26.9 Å². The molecular weight excluding hydrogens is 596 g/mol. The molecule has 0 unspecified atom stereocenters. The summed E-state index contributed by atoms with van der Waals surface area (Å²) >= 11 is 6.69. The molecular formula is C24H38Br2N6O4. The molecule has 4 rings (SSSR count). The zero-order valence-corrected chi connectivity index (χ0v) is 24.8. The Morgan fingerprint density at radius 2 is 1.61 bits per heavy atom. The molecule has 2 fully saturated rings. The number of carbonyl (C=O) groups is 2. The smallest absolute Gasteiger partial charge is 0.407 e. The van der Waals surface area contributed by atoms with Gasteiger partial charge in [0.25, 0.3) is 0 Å². The Kier molecular flexibility index (Phi) is 12.9. The van der Waals surface area contributed by atoms with E-state index in [0.717, 1.165) is 33.7 Å². The predicted octanol–water partition coefficient (Wildman–Crippen LogP) is 5.45. The van der Waals surface area contributed by atoms with Gasteiger partial charge in [-0.25, -0.2) is 14.8 Å². The maximum atomic E-state index is 12.9. The Morgan fingerprint density at radius 3 is 2.11 bits per heavy atom. The molecule has 1 aliphatic heterocycles. The van der Waals surface area contributed by atoms with E-state index in [1.54, 1.807) is 18.0 Å². The van der Waals surface area contributed by atoms with Gasteiger partial charge in [-0.3, -0.25) is 4.79 Å². The molecule has 1 aliphatic carbocycles. The van der Waals surface area contributed by atoms with E-state index in [2.05, 4.69) is 61.8 Å². The number of rotatable bonds is 6. The molecule has 3 atom stereocenters. The van der Waals surface area contributed by atoms with Gasteiger partial charge in [-0.2, -0.15) is 0 Å². The number of amides is 2. The van der Waals surface area contributed by atoms with Crippen LogP contribution in [0.2, 0.25) is 0 Å². The number of halogens is 2. The van der Waals surface area contributed by atoms with Gasteiger partial charge in [0.15, 0.2) is 0 Å². The number of aromatic amines is 2. The molecule has 2 aromatic rings. The minimum Gasteiger partial charge on any atom is -0.453 e. The van der Waals surface area contributed by atoms with Crippen LogP contribution in [0.3, 0.4) is 0 Å². The van der Waals surface area contributed by atoms with Crippen LogP contribution in [0, 0.1) is 0 Å². The Bertz CT molecular complexity index is 947. The summed E-state index contributed by atoms with van der Waals surface area (Å²) in [6.07, 6.45) is 9.39. The van der Waals surface area contributed by atoms with Gasteiger partial charge in [0.2, 0.25) is 5.91 Å². The summed E-state index contributed by atoms with van der Waals surface area (Å²) in [4.78, 5) is 41.1. The van der Waals surface area contributed by atoms with Crippen LogP contribution in [0.5, 0.6) is 0 Å². The number of alkyl carbamates (subject to hydrolysis) is 1. The van der Waals surface area contributed by atoms with E-state index in [-0.39, 0.29) is 11.9 Å². The Hall–Kier alpha value is -1.92. The SMILES string of the molecule is Brc1cnc(C2CCCC2)[nH]1.CC.COC(=O)N[C@H](C(=O)N1CCC[C@H]1c1ncc(Br)[nH]1)[C@@H](C)OC. The predicted molar refractivity (Wildman–Crippen MR) is 145 cm³/mol. The van der Waals surface area contributed by atoms with Crippen LogP contribution in [0.1, 0.15) is 82.9 Å². The number of aromatic nitrogens is 4. The standard InChI is InChI=1S/C14H21BrN4O4.C8H11BrN2.C2H6/c1-8(22-2)11(18-14(21)23-3)13(20)19-6-4-5-9(19)12-16-7-10(15)17-12;9-7-5-10-8(11-7)6-3-1-2-4-6;1-2/h7-9,11H,4-6H2,1-3H3,(H,16,17)(H,18,21);5-6H,1-4H2,(H,10,11);1-2H3/t8-,9+,11+;;/m1../s1. The topological polar surface area (TPSA) is 125 Å². The third-order valence-corrected chi connectivity index (χ3v) is 7.09. The summed E-state index contributed by atoms with van der Waals surface area (Å²) in [6.45, 7) is 6.34. The maximum absolute atomic E-state index is 12.9. The molecule has 0 spiro atoms. The van der Waals surface area contributed by atoms with Gasteiger partial charge in [0.05, 0.1) is 31.6 Å². The van der Waals surface area contributed by atoms with E-state index in [0.29, 0.717) is 12.5 Å². The van der Waals surface area contributed by atoms with Gasteiger partial charge in [-0.1, -0.05) is 26.7 Å². The van der Waals surface area contributed by atoms with Crippen LogP contribution >= 0.6 is 31.9 Å². The monoisotopic (exact) mass is 632 g/mol. The van der Waals surface area contributed by atoms with Gasteiger partial charge in [-0.05, 0) is 64.5 Å². The maximum Gasteiger partial charge on any atom is 0.407 e. The van der Waals surface area contributed by atoms with Crippen molar-refractivity contribution >= 4 is 43.9 Å². The molecule has 10 nitrogen and oxygen atoms in total. The molecule has 2 aliphatic rings. The van der Waals surface area contributed by atoms with Crippen LogP contribution < -0.4 is 5.32 Å². The first-order chi connectivity index (χ1) is 17.3. The number of methoxy groups -OCH3 is 2. The van der Waals surface area contributed by atoms with Crippen molar-refractivity contribution in [3.8, 4) is 0 Å². The lowest BCUT2D eigenvalue weighted by molar-refractivity contribution is -0.137. The number of H-pyrrole nitrogens is 2. The van der Waals surface area contributed by atoms with E-state index < -0.39 is 18.2 Å². The summed E-state index contributed by atoms with van der Waals surface area (Å²) in [5, 5.41) is 2.55. The van der Waals surface area contributed by atoms with Gasteiger partial charge in [-0.15, -0.1) is 0 Å². The van der Waals surface area contributed by atoms with Crippen LogP contribution in [0.15, 0.2) is 21.6 Å². The number of likely N-dealkylation sites (tertiary alicyclic amines) is 1. The van der Waals surface area contributed by atoms with E-state index >= 15 is 0 Å². The zero-order chi connectivity index (χ0) is 26.7. The third-order valence-electron chi connectivity index (χ3n) is 6.29. The molecule has 0 bridgehead atoms. The first kappa shape index (κ1) is 30.3. The van der Waals surface area contributed by atoms with E-state index in [1.165, 1.54) is 39.9 Å². The number of hydrogen-bond acceptors (Lipinski definition) is 6. The van der Waals surface area contributed by atoms with Crippen molar-refractivity contribution in [2.75, 3.05) is 20.8 Å². The van der Waals surface area contributed by atoms with Gasteiger partial charge < -0.3 is 29.7 Å². The van der Waals surface area contributed by atoms with Crippen molar-refractivity contribution in [1.82, 2.24) is 30.2 Å². The summed E-state index contributed by atoms with van der Waals surface area (Å²) in [6, 6.07) is -0.953. The molecule has 202 valence electrons. The average molecular weight is 634 g/mol. The van der Waals surface area contributed by atoms with E-state index in [4.69, 9.17) is 4.74 Å². The molecule has 0 aromatic carbocycles. The lowest BCUT2D eigenvalue weighted by Crippen LogP contribution is -2.54. The number of hydrogen-bond donors (Lipinski definition) is 3. The number of nitrogens with zero attached hydrogens (tertiary/aromatic N) is 3. The average Bonchev–Trinajstić information content (AvgIpc) is 3.70. The summed E-state index contributed by atoms with van der Waals surface area (Å²) < 4.78 is 11.6. The molecule has 1 saturated heterocycles. The van der Waals surface area contributed by atoms with Crippen molar-refractivity contribution in [2.24, 2.45) is 0 Å². The molecule has 2 amide bonds. The van der Waals surface area contributed by atoms with Crippen molar-refractivity contribution < 1.29 is 19.1 Å². The fourth-order valence-electron chi connectivity index (χ4n) is 4.40. The van der Waals surface area contributed by atoms with E-state index in [9.17, 15) is 9.59 Å². The first-order valence-corrected chi connectivity index (χ1v) is 14.0. The minimum atomic E-state index is -0.813. The largest absolute Gasteiger partial charge is 0.453 e. The molecule has 36 heavy (non-hydrogen) atoms. The number of carbonyl (C=O) groups excluding carboxylic acids is 2. The second-order valence-electron chi connectivity index (χ2n) is 8.46. The summed E-state index contributed by atoms with van der Waals surface area (Å²) in [5.74, 6) is 2.38. The normalized spacial score (nSPS) is 19.0. The highest BCUT2D eigenvalue weighted by atomic mass is 79.9. The van der Waals surface area contributed by atoms with Crippen molar-refractivity contribution in [2.45, 2.75) is 83.4 Å². The molecule has 1 saturated carbocycles. The molecule has 0 radical (unpaired) electrons. The lowest BCUT2D eigenvalue weighted by atomic mass is 10.1. The highest BCUT2D eigenvalue weighted by molar-refractivity contribution is 9.10. The van der Waals surface area contributed by atoms with Crippen molar-refractivity contribution in [3.63, 3.8) is 0 Å². The summed E-state index contributed by atoms with van der Waals surface area (Å²) in [5.41, 5.74) is 0. The van der Waals surface area contributed by atoms with Gasteiger partial charge >= 0.3 is 6.09 Å². The highest BCUT2D eigenvalue weighted by Gasteiger charge is 2.38. The zero-order valence-electron chi connectivity index (χ0n) is 21.6. The van der Waals surface area contributed by atoms with Gasteiger partial charge in [0, 0.05) is 19.6 Å². The first-order valence-electron chi connectivity index (χ1n) is 12.4. The Balaban J connectivity index is 0.000000291. The van der Waals surface area contributed by atoms with Crippen LogP contribution in [0.4, 0.5) is 4.79 Å². The fraction of sp³-hybridized carbons (Fsp3) is 0.667. The second kappa shape index (κ2) is 15.4. The van der Waals surface area contributed by atoms with Crippen LogP contribution in [-0.4, -0.2) is 69.7 Å². The number of imidazole rings is 2. The Labute approximate surface area is 230 Å². The quantitative estimate of drug-likeness (QED) is 0.388. The van der Waals surface area contributed by atoms with Crippen LogP contribution in [-0.2, 0) is 14.3 Å². The third kappa shape index (κ3) is 8.31. The number of nitrogens with one attached hydrogen (secondary N) is 3. The molecule has 12 heteroatoms. The minimum absolute atomic E-state index is 0.139. The fourth-order valence-corrected chi connectivity index (χ4v) is 5.01. The van der Waals surface area contributed by atoms with E-state index in [1.807, 2.05) is 20.0 Å². The molecule has 3 N–H and O–H groups in total. The highest BCUT2D eigenvalue weighted by Crippen LogP contribution is 2.33. The Morgan fingerprint density at radius 1 is 1.03 bits per heavy atom. The molecule has 2 aromatic heterocycles. The lowest BCUT2D eigenvalue weighted by Gasteiger charge is -2.30. The number of ether oxygens (including phenoxy) is 2. The van der Waals surface area contributed by atoms with Crippen LogP contribution in [0.25, 0.3) is 0 Å². The van der Waals surface area contributed by atoms with Crippen molar-refractivity contribution in [3.05, 3.63) is 33.2 Å². The second-order valence-corrected chi connectivity index (χ2v) is 10.2. The summed E-state index contributed by atoms with van der Waals surface area (Å²) in [7, 11) is 2.75.